The molecule has 0 saturated heterocycles. The standard InChI is InChI=1S/C17H14FNO2/c1-11-9-19(16-5-3-2-4-14(11)16)10-12-8-13(18)6-7-15(12)17(20)21/h2-9H,10H2,1H3,(H,20,21). The molecule has 0 radical (unpaired) electrons. The largest absolute Gasteiger partial charge is 0.478 e. The minimum absolute atomic E-state index is 0.131. The number of benzene rings is 2. The van der Waals surface area contributed by atoms with Gasteiger partial charge in [0, 0.05) is 23.6 Å². The molecule has 0 atom stereocenters. The summed E-state index contributed by atoms with van der Waals surface area (Å²) < 4.78 is 15.4. The van der Waals surface area contributed by atoms with Gasteiger partial charge in [-0.25, -0.2) is 9.18 Å². The monoisotopic (exact) mass is 283 g/mol. The number of aromatic carboxylic acids is 1. The first-order valence-corrected chi connectivity index (χ1v) is 6.62. The van der Waals surface area contributed by atoms with Crippen molar-refractivity contribution >= 4 is 16.9 Å². The van der Waals surface area contributed by atoms with Crippen LogP contribution >= 0.6 is 0 Å². The number of aryl methyl sites for hydroxylation is 1. The van der Waals surface area contributed by atoms with Crippen molar-refractivity contribution in [3.8, 4) is 0 Å². The summed E-state index contributed by atoms with van der Waals surface area (Å²) in [6.45, 7) is 2.33. The van der Waals surface area contributed by atoms with Gasteiger partial charge < -0.3 is 9.67 Å². The lowest BCUT2D eigenvalue weighted by Crippen LogP contribution is -2.07. The first-order chi connectivity index (χ1) is 10.1. The Bertz CT molecular complexity index is 836. The summed E-state index contributed by atoms with van der Waals surface area (Å²) >= 11 is 0. The van der Waals surface area contributed by atoms with Crippen molar-refractivity contribution in [2.75, 3.05) is 0 Å². The Balaban J connectivity index is 2.11. The third kappa shape index (κ3) is 2.40. The highest BCUT2D eigenvalue weighted by Crippen LogP contribution is 2.22. The normalized spacial score (nSPS) is 11.0. The molecule has 0 aliphatic rings. The van der Waals surface area contributed by atoms with Crippen LogP contribution in [0.2, 0.25) is 0 Å². The van der Waals surface area contributed by atoms with Crippen LogP contribution in [0.5, 0.6) is 0 Å². The quantitative estimate of drug-likeness (QED) is 0.793. The number of carboxylic acid groups (broad SMARTS) is 1. The van der Waals surface area contributed by atoms with Crippen LogP contribution in [-0.4, -0.2) is 15.6 Å². The van der Waals surface area contributed by atoms with Crippen molar-refractivity contribution in [1.82, 2.24) is 4.57 Å². The summed E-state index contributed by atoms with van der Waals surface area (Å²) in [6, 6.07) is 11.7. The minimum Gasteiger partial charge on any atom is -0.478 e. The minimum atomic E-state index is -1.04. The van der Waals surface area contributed by atoms with Crippen LogP contribution in [0.25, 0.3) is 10.9 Å². The van der Waals surface area contributed by atoms with Crippen molar-refractivity contribution in [1.29, 1.82) is 0 Å². The number of fused-ring (bicyclic) bond motifs is 1. The third-order valence-electron chi connectivity index (χ3n) is 3.63. The highest BCUT2D eigenvalue weighted by atomic mass is 19.1. The Hall–Kier alpha value is -2.62. The van der Waals surface area contributed by atoms with Gasteiger partial charge in [0.1, 0.15) is 5.82 Å². The third-order valence-corrected chi connectivity index (χ3v) is 3.63. The van der Waals surface area contributed by atoms with Crippen molar-refractivity contribution in [3.63, 3.8) is 0 Å². The van der Waals surface area contributed by atoms with E-state index in [0.717, 1.165) is 16.5 Å². The Morgan fingerprint density at radius 3 is 2.76 bits per heavy atom. The first-order valence-electron chi connectivity index (χ1n) is 6.62. The lowest BCUT2D eigenvalue weighted by atomic mass is 10.1. The Kier molecular flexibility index (Phi) is 3.22. The first kappa shape index (κ1) is 13.4. The number of rotatable bonds is 3. The van der Waals surface area contributed by atoms with Gasteiger partial charge in [0.2, 0.25) is 0 Å². The van der Waals surface area contributed by atoms with E-state index in [0.29, 0.717) is 12.1 Å². The van der Waals surface area contributed by atoms with Crippen LogP contribution < -0.4 is 0 Å². The van der Waals surface area contributed by atoms with Crippen LogP contribution in [0, 0.1) is 12.7 Å². The van der Waals surface area contributed by atoms with Crippen LogP contribution in [0.4, 0.5) is 4.39 Å². The fourth-order valence-corrected chi connectivity index (χ4v) is 2.65. The van der Waals surface area contributed by atoms with Crippen LogP contribution in [-0.2, 0) is 6.54 Å². The molecule has 1 N–H and O–H groups in total. The summed E-state index contributed by atoms with van der Waals surface area (Å²) in [6.07, 6.45) is 1.96. The number of hydrogen-bond acceptors (Lipinski definition) is 1. The van der Waals surface area contributed by atoms with Crippen LogP contribution in [0.1, 0.15) is 21.5 Å². The summed E-state index contributed by atoms with van der Waals surface area (Å²) in [5.74, 6) is -1.47. The summed E-state index contributed by atoms with van der Waals surface area (Å²) in [7, 11) is 0. The van der Waals surface area contributed by atoms with E-state index >= 15 is 0 Å². The van der Waals surface area contributed by atoms with Gasteiger partial charge in [-0.2, -0.15) is 0 Å². The number of halogens is 1. The maximum absolute atomic E-state index is 13.4. The lowest BCUT2D eigenvalue weighted by Gasteiger charge is -2.09. The molecule has 0 aliphatic carbocycles. The predicted octanol–water partition coefficient (Wildman–Crippen LogP) is 3.84. The molecule has 0 bridgehead atoms. The fourth-order valence-electron chi connectivity index (χ4n) is 2.65. The second-order valence-electron chi connectivity index (χ2n) is 5.06. The second kappa shape index (κ2) is 5.05. The molecule has 0 fully saturated rings. The number of carboxylic acids is 1. The van der Waals surface area contributed by atoms with E-state index in [1.807, 2.05) is 42.0 Å². The van der Waals surface area contributed by atoms with E-state index in [-0.39, 0.29) is 5.56 Å². The van der Waals surface area contributed by atoms with E-state index in [1.165, 1.54) is 18.2 Å². The Morgan fingerprint density at radius 2 is 2.00 bits per heavy atom. The van der Waals surface area contributed by atoms with Crippen LogP contribution in [0.3, 0.4) is 0 Å². The van der Waals surface area contributed by atoms with Gasteiger partial charge in [-0.05, 0) is 42.3 Å². The summed E-state index contributed by atoms with van der Waals surface area (Å²) in [5, 5.41) is 10.3. The average Bonchev–Trinajstić information content (AvgIpc) is 2.76. The molecule has 3 aromatic rings. The van der Waals surface area contributed by atoms with Gasteiger partial charge >= 0.3 is 5.97 Å². The summed E-state index contributed by atoms with van der Waals surface area (Å²) in [4.78, 5) is 11.3. The average molecular weight is 283 g/mol. The molecule has 3 rings (SSSR count). The zero-order chi connectivity index (χ0) is 15.0. The fraction of sp³-hybridized carbons (Fsp3) is 0.118. The van der Waals surface area contributed by atoms with Crippen molar-refractivity contribution in [2.45, 2.75) is 13.5 Å². The molecule has 0 aliphatic heterocycles. The van der Waals surface area contributed by atoms with Gasteiger partial charge in [-0.3, -0.25) is 0 Å². The molecule has 3 nitrogen and oxygen atoms in total. The molecular formula is C17H14FNO2. The van der Waals surface area contributed by atoms with Gasteiger partial charge in [-0.15, -0.1) is 0 Å². The molecule has 21 heavy (non-hydrogen) atoms. The van der Waals surface area contributed by atoms with E-state index in [1.54, 1.807) is 0 Å². The van der Waals surface area contributed by atoms with Crippen molar-refractivity contribution in [2.24, 2.45) is 0 Å². The molecule has 0 amide bonds. The smallest absolute Gasteiger partial charge is 0.336 e. The zero-order valence-electron chi connectivity index (χ0n) is 11.5. The Morgan fingerprint density at radius 1 is 1.24 bits per heavy atom. The Labute approximate surface area is 121 Å². The van der Waals surface area contributed by atoms with Crippen LogP contribution in [0.15, 0.2) is 48.7 Å². The molecule has 0 spiro atoms. The van der Waals surface area contributed by atoms with Gasteiger partial charge in [0.15, 0.2) is 0 Å². The van der Waals surface area contributed by atoms with Crippen molar-refractivity contribution in [3.05, 3.63) is 71.2 Å². The maximum Gasteiger partial charge on any atom is 0.336 e. The van der Waals surface area contributed by atoms with E-state index in [4.69, 9.17) is 0 Å². The molecular weight excluding hydrogens is 269 g/mol. The second-order valence-corrected chi connectivity index (χ2v) is 5.06. The number of nitrogens with zero attached hydrogens (tertiary/aromatic N) is 1. The maximum atomic E-state index is 13.4. The highest BCUT2D eigenvalue weighted by Gasteiger charge is 2.13. The van der Waals surface area contributed by atoms with E-state index < -0.39 is 11.8 Å². The molecule has 2 aromatic carbocycles. The van der Waals surface area contributed by atoms with E-state index in [9.17, 15) is 14.3 Å². The molecule has 1 heterocycles. The van der Waals surface area contributed by atoms with Gasteiger partial charge in [0.25, 0.3) is 0 Å². The number of hydrogen-bond donors (Lipinski definition) is 1. The van der Waals surface area contributed by atoms with Gasteiger partial charge in [0.05, 0.1) is 5.56 Å². The SMILES string of the molecule is Cc1cn(Cc2cc(F)ccc2C(=O)O)c2ccccc12. The molecule has 106 valence electrons. The highest BCUT2D eigenvalue weighted by molar-refractivity contribution is 5.89. The zero-order valence-corrected chi connectivity index (χ0v) is 11.5. The topological polar surface area (TPSA) is 42.2 Å². The van der Waals surface area contributed by atoms with Gasteiger partial charge in [-0.1, -0.05) is 18.2 Å². The van der Waals surface area contributed by atoms with Crippen molar-refractivity contribution < 1.29 is 14.3 Å². The molecule has 0 unspecified atom stereocenters. The molecule has 0 saturated carbocycles. The number of carbonyl (C=O) groups is 1. The number of aromatic nitrogens is 1. The number of para-hydroxylation sites is 1. The van der Waals surface area contributed by atoms with E-state index in [2.05, 4.69) is 0 Å². The lowest BCUT2D eigenvalue weighted by molar-refractivity contribution is 0.0695. The molecule has 4 heteroatoms. The summed E-state index contributed by atoms with van der Waals surface area (Å²) in [5.41, 5.74) is 2.71. The predicted molar refractivity (Wildman–Crippen MR) is 79.1 cm³/mol. The molecule has 1 aromatic heterocycles.